The molecule has 0 saturated heterocycles. The molecule has 82 valence electrons. The fourth-order valence-corrected chi connectivity index (χ4v) is 1.15. The maximum Gasteiger partial charge on any atom is 0.238 e. The van der Waals surface area contributed by atoms with E-state index in [0.717, 1.165) is 6.07 Å². The Labute approximate surface area is 87.0 Å². The second-order valence-electron chi connectivity index (χ2n) is 3.00. The molecule has 15 heavy (non-hydrogen) atoms. The summed E-state index contributed by atoms with van der Waals surface area (Å²) in [5.41, 5.74) is 10.8. The molecule has 0 bridgehead atoms. The molecule has 4 nitrogen and oxygen atoms in total. The van der Waals surface area contributed by atoms with Crippen LogP contribution in [-0.2, 0) is 4.79 Å². The molecule has 5 heteroatoms. The molecule has 1 atom stereocenters. The summed E-state index contributed by atoms with van der Waals surface area (Å²) in [6, 6.07) is 3.11. The second-order valence-corrected chi connectivity index (χ2v) is 3.00. The van der Waals surface area contributed by atoms with Crippen molar-refractivity contribution in [3.8, 4) is 5.75 Å². The van der Waals surface area contributed by atoms with E-state index in [1.54, 1.807) is 6.92 Å². The van der Waals surface area contributed by atoms with E-state index in [0.29, 0.717) is 12.2 Å². The molecule has 0 aliphatic carbocycles. The summed E-state index contributed by atoms with van der Waals surface area (Å²) in [4.78, 5) is 10.8. The lowest BCUT2D eigenvalue weighted by molar-refractivity contribution is -0.119. The lowest BCUT2D eigenvalue weighted by atomic mass is 10.1. The van der Waals surface area contributed by atoms with Gasteiger partial charge in [-0.05, 0) is 24.6 Å². The minimum Gasteiger partial charge on any atom is -0.491 e. The summed E-state index contributed by atoms with van der Waals surface area (Å²) in [5.74, 6) is -1.11. The van der Waals surface area contributed by atoms with E-state index in [1.165, 1.54) is 12.1 Å². The van der Waals surface area contributed by atoms with Crippen LogP contribution in [0, 0.1) is 5.82 Å². The van der Waals surface area contributed by atoms with Gasteiger partial charge in [0.2, 0.25) is 5.91 Å². The smallest absolute Gasteiger partial charge is 0.238 e. The Balaban J connectivity index is 2.95. The summed E-state index contributed by atoms with van der Waals surface area (Å²) in [6.45, 7) is 2.13. The molecule has 4 N–H and O–H groups in total. The number of primary amides is 1. The number of rotatable bonds is 4. The summed E-state index contributed by atoms with van der Waals surface area (Å²) >= 11 is 0. The number of halogens is 1. The van der Waals surface area contributed by atoms with Gasteiger partial charge in [0.1, 0.15) is 6.04 Å². The first-order valence-corrected chi connectivity index (χ1v) is 4.53. The molecule has 0 aromatic heterocycles. The first-order chi connectivity index (χ1) is 7.06. The van der Waals surface area contributed by atoms with Crippen molar-refractivity contribution < 1.29 is 13.9 Å². The maximum atomic E-state index is 13.3. The van der Waals surface area contributed by atoms with Gasteiger partial charge in [0.25, 0.3) is 0 Å². The molecule has 1 amide bonds. The summed E-state index contributed by atoms with van der Waals surface area (Å²) in [6.07, 6.45) is 0. The van der Waals surface area contributed by atoms with Crippen molar-refractivity contribution in [1.82, 2.24) is 0 Å². The average molecular weight is 212 g/mol. The Hall–Kier alpha value is -1.62. The van der Waals surface area contributed by atoms with Crippen LogP contribution in [0.25, 0.3) is 0 Å². The molecule has 1 aromatic rings. The fraction of sp³-hybridized carbons (Fsp3) is 0.300. The van der Waals surface area contributed by atoms with Gasteiger partial charge in [-0.15, -0.1) is 0 Å². The predicted octanol–water partition coefficient (Wildman–Crippen LogP) is 0.709. The van der Waals surface area contributed by atoms with Gasteiger partial charge in [-0.3, -0.25) is 4.79 Å². The van der Waals surface area contributed by atoms with Crippen molar-refractivity contribution >= 4 is 5.91 Å². The monoisotopic (exact) mass is 212 g/mol. The highest BCUT2D eigenvalue weighted by Gasteiger charge is 2.14. The van der Waals surface area contributed by atoms with Crippen molar-refractivity contribution in [3.05, 3.63) is 29.6 Å². The largest absolute Gasteiger partial charge is 0.491 e. The number of hydrogen-bond acceptors (Lipinski definition) is 3. The molecule has 0 spiro atoms. The standard InChI is InChI=1S/C10H13FN2O2/c1-2-15-8-4-3-6(5-7(8)11)9(12)10(13)14/h3-5,9H,2,12H2,1H3,(H2,13,14). The van der Waals surface area contributed by atoms with E-state index in [1.807, 2.05) is 0 Å². The molecular weight excluding hydrogens is 199 g/mol. The second kappa shape index (κ2) is 4.75. The molecule has 1 unspecified atom stereocenters. The summed E-state index contributed by atoms with van der Waals surface area (Å²) in [7, 11) is 0. The van der Waals surface area contributed by atoms with Crippen LogP contribution in [-0.4, -0.2) is 12.5 Å². The highest BCUT2D eigenvalue weighted by atomic mass is 19.1. The van der Waals surface area contributed by atoms with Crippen LogP contribution in [0.5, 0.6) is 5.75 Å². The van der Waals surface area contributed by atoms with E-state index >= 15 is 0 Å². The highest BCUT2D eigenvalue weighted by Crippen LogP contribution is 2.21. The van der Waals surface area contributed by atoms with Gasteiger partial charge in [-0.2, -0.15) is 0 Å². The minimum atomic E-state index is -0.991. The molecule has 0 heterocycles. The number of ether oxygens (including phenoxy) is 1. The number of nitrogens with two attached hydrogens (primary N) is 2. The SMILES string of the molecule is CCOc1ccc(C(N)C(N)=O)cc1F. The third-order valence-electron chi connectivity index (χ3n) is 1.92. The van der Waals surface area contributed by atoms with Crippen molar-refractivity contribution in [3.63, 3.8) is 0 Å². The van der Waals surface area contributed by atoms with Gasteiger partial charge >= 0.3 is 0 Å². The zero-order valence-electron chi connectivity index (χ0n) is 8.37. The highest BCUT2D eigenvalue weighted by molar-refractivity contribution is 5.81. The van der Waals surface area contributed by atoms with Gasteiger partial charge in [0.05, 0.1) is 6.61 Å². The minimum absolute atomic E-state index is 0.137. The van der Waals surface area contributed by atoms with Crippen molar-refractivity contribution in [2.45, 2.75) is 13.0 Å². The van der Waals surface area contributed by atoms with Crippen LogP contribution >= 0.6 is 0 Å². The van der Waals surface area contributed by atoms with Crippen LogP contribution in [0.1, 0.15) is 18.5 Å². The number of carbonyl (C=O) groups excluding carboxylic acids is 1. The van der Waals surface area contributed by atoms with Crippen LogP contribution < -0.4 is 16.2 Å². The van der Waals surface area contributed by atoms with Crippen molar-refractivity contribution in [2.24, 2.45) is 11.5 Å². The normalized spacial score (nSPS) is 12.2. The molecule has 0 fully saturated rings. The molecule has 0 radical (unpaired) electrons. The number of benzene rings is 1. The Kier molecular flexibility index (Phi) is 3.62. The van der Waals surface area contributed by atoms with E-state index in [-0.39, 0.29) is 5.75 Å². The van der Waals surface area contributed by atoms with Gasteiger partial charge in [-0.25, -0.2) is 4.39 Å². The number of carbonyl (C=O) groups is 1. The average Bonchev–Trinajstić information content (AvgIpc) is 2.20. The zero-order chi connectivity index (χ0) is 11.4. The Bertz CT molecular complexity index is 368. The third kappa shape index (κ3) is 2.66. The Morgan fingerprint density at radius 1 is 1.60 bits per heavy atom. The summed E-state index contributed by atoms with van der Waals surface area (Å²) < 4.78 is 18.3. The number of amides is 1. The molecule has 0 saturated carbocycles. The van der Waals surface area contributed by atoms with E-state index in [4.69, 9.17) is 16.2 Å². The number of hydrogen-bond donors (Lipinski definition) is 2. The van der Waals surface area contributed by atoms with Crippen molar-refractivity contribution in [1.29, 1.82) is 0 Å². The van der Waals surface area contributed by atoms with Gasteiger partial charge in [0, 0.05) is 0 Å². The van der Waals surface area contributed by atoms with Crippen LogP contribution in [0.2, 0.25) is 0 Å². The van der Waals surface area contributed by atoms with Crippen LogP contribution in [0.15, 0.2) is 18.2 Å². The molecular formula is C10H13FN2O2. The lowest BCUT2D eigenvalue weighted by Crippen LogP contribution is -2.28. The first kappa shape index (κ1) is 11.5. The fourth-order valence-electron chi connectivity index (χ4n) is 1.15. The van der Waals surface area contributed by atoms with Gasteiger partial charge in [-0.1, -0.05) is 6.07 Å². The quantitative estimate of drug-likeness (QED) is 0.771. The van der Waals surface area contributed by atoms with Gasteiger partial charge in [0.15, 0.2) is 11.6 Å². The third-order valence-corrected chi connectivity index (χ3v) is 1.92. The summed E-state index contributed by atoms with van der Waals surface area (Å²) in [5, 5.41) is 0. The lowest BCUT2D eigenvalue weighted by Gasteiger charge is -2.10. The van der Waals surface area contributed by atoms with Crippen molar-refractivity contribution in [2.75, 3.05) is 6.61 Å². The van der Waals surface area contributed by atoms with Gasteiger partial charge < -0.3 is 16.2 Å². The predicted molar refractivity (Wildman–Crippen MR) is 53.7 cm³/mol. The van der Waals surface area contributed by atoms with E-state index in [2.05, 4.69) is 0 Å². The molecule has 1 aromatic carbocycles. The van der Waals surface area contributed by atoms with Crippen LogP contribution in [0.3, 0.4) is 0 Å². The molecule has 0 aliphatic heterocycles. The molecule has 0 aliphatic rings. The maximum absolute atomic E-state index is 13.3. The first-order valence-electron chi connectivity index (χ1n) is 4.53. The topological polar surface area (TPSA) is 78.3 Å². The Morgan fingerprint density at radius 3 is 2.73 bits per heavy atom. The van der Waals surface area contributed by atoms with E-state index in [9.17, 15) is 9.18 Å². The van der Waals surface area contributed by atoms with Crippen LogP contribution in [0.4, 0.5) is 4.39 Å². The van der Waals surface area contributed by atoms with E-state index < -0.39 is 17.8 Å². The molecule has 1 rings (SSSR count). The zero-order valence-corrected chi connectivity index (χ0v) is 8.37. The Morgan fingerprint density at radius 2 is 2.27 bits per heavy atom.